The molecule has 1 aromatic heterocycles. The van der Waals surface area contributed by atoms with E-state index in [0.29, 0.717) is 0 Å². The van der Waals surface area contributed by atoms with E-state index >= 15 is 0 Å². The maximum absolute atomic E-state index is 11.2. The quantitative estimate of drug-likeness (QED) is 0.792. The molecule has 0 bridgehead atoms. The zero-order valence-electron chi connectivity index (χ0n) is 9.19. The van der Waals surface area contributed by atoms with Gasteiger partial charge in [-0.25, -0.2) is 4.98 Å². The number of nitrogens with zero attached hydrogens (tertiary/aromatic N) is 1. The first-order valence-electron chi connectivity index (χ1n) is 4.79. The molecule has 0 aliphatic rings. The van der Waals surface area contributed by atoms with Gasteiger partial charge in [-0.3, -0.25) is 4.79 Å². The number of hydrogen-bond donors (Lipinski definition) is 1. The van der Waals surface area contributed by atoms with Gasteiger partial charge in [0.15, 0.2) is 0 Å². The van der Waals surface area contributed by atoms with Gasteiger partial charge in [-0.15, -0.1) is 11.3 Å². The normalized spacial score (nSPS) is 14.7. The second-order valence-corrected chi connectivity index (χ2v) is 4.60. The number of ether oxygens (including phenoxy) is 1. The number of thiazole rings is 1. The molecule has 0 saturated heterocycles. The summed E-state index contributed by atoms with van der Waals surface area (Å²) >= 11 is 1.57. The summed E-state index contributed by atoms with van der Waals surface area (Å²) in [7, 11) is 1.38. The van der Waals surface area contributed by atoms with Crippen molar-refractivity contribution >= 4 is 17.3 Å². The van der Waals surface area contributed by atoms with Gasteiger partial charge in [0, 0.05) is 17.3 Å². The van der Waals surface area contributed by atoms with Crippen molar-refractivity contribution in [1.29, 1.82) is 0 Å². The number of carbonyl (C=O) groups excluding carboxylic acids is 1. The molecule has 2 unspecified atom stereocenters. The third kappa shape index (κ3) is 3.28. The summed E-state index contributed by atoms with van der Waals surface area (Å²) in [5, 5.41) is 2.94. The lowest BCUT2D eigenvalue weighted by atomic mass is 9.95. The van der Waals surface area contributed by atoms with Gasteiger partial charge in [-0.1, -0.05) is 0 Å². The number of aromatic nitrogens is 1. The van der Waals surface area contributed by atoms with E-state index in [2.05, 4.69) is 9.72 Å². The molecule has 1 aromatic rings. The van der Waals surface area contributed by atoms with Crippen molar-refractivity contribution in [2.45, 2.75) is 32.2 Å². The van der Waals surface area contributed by atoms with Gasteiger partial charge in [-0.05, 0) is 13.8 Å². The van der Waals surface area contributed by atoms with Gasteiger partial charge in [0.25, 0.3) is 0 Å². The van der Waals surface area contributed by atoms with E-state index in [-0.39, 0.29) is 24.3 Å². The Morgan fingerprint density at radius 3 is 2.80 bits per heavy atom. The van der Waals surface area contributed by atoms with E-state index in [1.165, 1.54) is 7.11 Å². The first-order valence-corrected chi connectivity index (χ1v) is 5.67. The summed E-state index contributed by atoms with van der Waals surface area (Å²) in [5.41, 5.74) is 6.72. The number of hydrogen-bond acceptors (Lipinski definition) is 5. The Hall–Kier alpha value is -0.940. The molecule has 0 aliphatic heterocycles. The van der Waals surface area contributed by atoms with Crippen LogP contribution in [0.15, 0.2) is 5.38 Å². The van der Waals surface area contributed by atoms with E-state index in [1.54, 1.807) is 11.3 Å². The number of nitrogens with two attached hydrogens (primary N) is 1. The molecule has 5 heteroatoms. The van der Waals surface area contributed by atoms with E-state index < -0.39 is 0 Å². The Morgan fingerprint density at radius 1 is 1.73 bits per heavy atom. The van der Waals surface area contributed by atoms with Crippen molar-refractivity contribution in [2.75, 3.05) is 7.11 Å². The Morgan fingerprint density at radius 2 is 2.40 bits per heavy atom. The Balaban J connectivity index is 2.79. The summed E-state index contributed by atoms with van der Waals surface area (Å²) in [6.07, 6.45) is 0.289. The minimum atomic E-state index is -0.247. The SMILES string of the molecule is COC(=O)CC(c1csc(C)n1)C(C)N. The minimum absolute atomic E-state index is 0.0533. The molecule has 84 valence electrons. The number of methoxy groups -OCH3 is 1. The Labute approximate surface area is 93.5 Å². The lowest BCUT2D eigenvalue weighted by Crippen LogP contribution is -2.27. The van der Waals surface area contributed by atoms with Crippen LogP contribution in [0.2, 0.25) is 0 Å². The topological polar surface area (TPSA) is 65.2 Å². The second-order valence-electron chi connectivity index (χ2n) is 3.54. The van der Waals surface area contributed by atoms with Crippen LogP contribution in [0.3, 0.4) is 0 Å². The zero-order chi connectivity index (χ0) is 11.4. The molecule has 2 atom stereocenters. The predicted octanol–water partition coefficient (Wildman–Crippen LogP) is 1.45. The molecular formula is C10H16N2O2S. The van der Waals surface area contributed by atoms with Crippen LogP contribution in [0.25, 0.3) is 0 Å². The number of carbonyl (C=O) groups is 1. The molecule has 15 heavy (non-hydrogen) atoms. The molecule has 0 spiro atoms. The van der Waals surface area contributed by atoms with Gasteiger partial charge in [0.2, 0.25) is 0 Å². The van der Waals surface area contributed by atoms with E-state index in [9.17, 15) is 4.79 Å². The summed E-state index contributed by atoms with van der Waals surface area (Å²) < 4.78 is 4.64. The fourth-order valence-electron chi connectivity index (χ4n) is 1.37. The lowest BCUT2D eigenvalue weighted by Gasteiger charge is -2.17. The number of rotatable bonds is 4. The van der Waals surface area contributed by atoms with Crippen LogP contribution in [-0.4, -0.2) is 24.1 Å². The van der Waals surface area contributed by atoms with Crippen molar-refractivity contribution in [3.8, 4) is 0 Å². The van der Waals surface area contributed by atoms with Gasteiger partial charge in [0.05, 0.1) is 24.2 Å². The standard InChI is InChI=1S/C10H16N2O2S/c1-6(11)8(4-10(13)14-3)9-5-15-7(2)12-9/h5-6,8H,4,11H2,1-3H3. The van der Waals surface area contributed by atoms with Crippen LogP contribution in [0.4, 0.5) is 0 Å². The third-order valence-electron chi connectivity index (χ3n) is 2.27. The molecule has 0 saturated carbocycles. The summed E-state index contributed by atoms with van der Waals surface area (Å²) in [6, 6.07) is -0.106. The van der Waals surface area contributed by atoms with E-state index in [4.69, 9.17) is 5.73 Å². The van der Waals surface area contributed by atoms with Crippen molar-refractivity contribution in [3.05, 3.63) is 16.1 Å². The Kier molecular flexibility index (Phi) is 4.23. The highest BCUT2D eigenvalue weighted by Crippen LogP contribution is 2.24. The van der Waals surface area contributed by atoms with Crippen LogP contribution >= 0.6 is 11.3 Å². The molecule has 0 radical (unpaired) electrons. The van der Waals surface area contributed by atoms with Crippen molar-refractivity contribution in [1.82, 2.24) is 4.98 Å². The maximum Gasteiger partial charge on any atom is 0.306 e. The van der Waals surface area contributed by atoms with Gasteiger partial charge in [-0.2, -0.15) is 0 Å². The molecule has 4 nitrogen and oxygen atoms in total. The molecule has 0 aliphatic carbocycles. The fraction of sp³-hybridized carbons (Fsp3) is 0.600. The molecule has 0 fully saturated rings. The van der Waals surface area contributed by atoms with Crippen LogP contribution in [-0.2, 0) is 9.53 Å². The average molecular weight is 228 g/mol. The summed E-state index contributed by atoms with van der Waals surface area (Å²) in [6.45, 7) is 3.81. The predicted molar refractivity (Wildman–Crippen MR) is 59.9 cm³/mol. The molecule has 1 heterocycles. The fourth-order valence-corrected chi connectivity index (χ4v) is 2.05. The van der Waals surface area contributed by atoms with Gasteiger partial charge < -0.3 is 10.5 Å². The smallest absolute Gasteiger partial charge is 0.306 e. The second kappa shape index (κ2) is 5.23. The zero-order valence-corrected chi connectivity index (χ0v) is 10.0. The third-order valence-corrected chi connectivity index (χ3v) is 3.06. The van der Waals surface area contributed by atoms with Crippen LogP contribution in [0, 0.1) is 6.92 Å². The van der Waals surface area contributed by atoms with Crippen LogP contribution in [0.5, 0.6) is 0 Å². The van der Waals surface area contributed by atoms with Crippen LogP contribution < -0.4 is 5.73 Å². The lowest BCUT2D eigenvalue weighted by molar-refractivity contribution is -0.141. The first-order chi connectivity index (χ1) is 7.04. The van der Waals surface area contributed by atoms with Crippen molar-refractivity contribution in [3.63, 3.8) is 0 Å². The molecular weight excluding hydrogens is 212 g/mol. The largest absolute Gasteiger partial charge is 0.469 e. The van der Waals surface area contributed by atoms with Crippen molar-refractivity contribution < 1.29 is 9.53 Å². The highest BCUT2D eigenvalue weighted by molar-refractivity contribution is 7.09. The summed E-state index contributed by atoms with van der Waals surface area (Å²) in [4.78, 5) is 15.6. The van der Waals surface area contributed by atoms with Crippen LogP contribution in [0.1, 0.15) is 30.0 Å². The first kappa shape index (κ1) is 12.1. The summed E-state index contributed by atoms with van der Waals surface area (Å²) in [5.74, 6) is -0.301. The van der Waals surface area contributed by atoms with Gasteiger partial charge >= 0.3 is 5.97 Å². The van der Waals surface area contributed by atoms with Crippen molar-refractivity contribution in [2.24, 2.45) is 5.73 Å². The highest BCUT2D eigenvalue weighted by Gasteiger charge is 2.22. The monoisotopic (exact) mass is 228 g/mol. The van der Waals surface area contributed by atoms with E-state index in [1.807, 2.05) is 19.2 Å². The van der Waals surface area contributed by atoms with Gasteiger partial charge in [0.1, 0.15) is 0 Å². The minimum Gasteiger partial charge on any atom is -0.469 e. The number of aryl methyl sites for hydroxylation is 1. The number of esters is 1. The molecule has 1 rings (SSSR count). The maximum atomic E-state index is 11.2. The van der Waals surface area contributed by atoms with E-state index in [0.717, 1.165) is 10.7 Å². The highest BCUT2D eigenvalue weighted by atomic mass is 32.1. The molecule has 0 aromatic carbocycles. The molecule has 2 N–H and O–H groups in total. The average Bonchev–Trinajstić information content (AvgIpc) is 2.60. The molecule has 0 amide bonds. The Bertz CT molecular complexity index is 336.